The number of carbonyl (C=O) groups is 2. The maximum Gasteiger partial charge on any atom is 0.239 e. The minimum atomic E-state index is -3.56. The monoisotopic (exact) mass is 424 g/mol. The molecule has 10 heteroatoms. The number of nitrogens with one attached hydrogen (secondary N) is 2. The van der Waals surface area contributed by atoms with Crippen molar-refractivity contribution in [1.82, 2.24) is 19.8 Å². The van der Waals surface area contributed by atoms with Gasteiger partial charge >= 0.3 is 0 Å². The predicted octanol–water partition coefficient (Wildman–Crippen LogP) is 0.187. The molecule has 0 aromatic rings. The van der Waals surface area contributed by atoms with E-state index in [4.69, 9.17) is 0 Å². The molecule has 2 saturated heterocycles. The zero-order valence-corrected chi connectivity index (χ0v) is 17.9. The van der Waals surface area contributed by atoms with Crippen molar-refractivity contribution in [3.63, 3.8) is 0 Å². The van der Waals surface area contributed by atoms with Gasteiger partial charge in [-0.1, -0.05) is 13.8 Å². The van der Waals surface area contributed by atoms with Gasteiger partial charge in [-0.2, -0.15) is 0 Å². The summed E-state index contributed by atoms with van der Waals surface area (Å²) in [7, 11) is -3.56. The van der Waals surface area contributed by atoms with Gasteiger partial charge in [0.05, 0.1) is 6.04 Å². The molecule has 0 aliphatic carbocycles. The standard InChI is InChI=1S/C17H32N4O4S.ClH/c1-3-21(4-2)26(24,25)13-16(22)20-10-6-7-14(12-20)11-19-17(23)15-8-5-9-18-15;/h14-15,18H,3-13H2,1-2H3,(H,19,23);1H. The van der Waals surface area contributed by atoms with E-state index in [1.54, 1.807) is 18.7 Å². The Labute approximate surface area is 168 Å². The highest BCUT2D eigenvalue weighted by Crippen LogP contribution is 2.17. The van der Waals surface area contributed by atoms with Crippen LogP contribution >= 0.6 is 12.4 Å². The smallest absolute Gasteiger partial charge is 0.239 e. The summed E-state index contributed by atoms with van der Waals surface area (Å²) in [5.41, 5.74) is 0. The number of halogens is 1. The maximum absolute atomic E-state index is 12.5. The van der Waals surface area contributed by atoms with E-state index >= 15 is 0 Å². The van der Waals surface area contributed by atoms with E-state index in [1.165, 1.54) is 4.31 Å². The molecular weight excluding hydrogens is 392 g/mol. The minimum Gasteiger partial charge on any atom is -0.354 e. The van der Waals surface area contributed by atoms with Crippen LogP contribution in [0.15, 0.2) is 0 Å². The van der Waals surface area contributed by atoms with E-state index in [2.05, 4.69) is 10.6 Å². The number of likely N-dealkylation sites (tertiary alicyclic amines) is 1. The van der Waals surface area contributed by atoms with Crippen LogP contribution in [-0.4, -0.2) is 80.5 Å². The molecule has 2 N–H and O–H groups in total. The van der Waals surface area contributed by atoms with E-state index in [-0.39, 0.29) is 36.2 Å². The third-order valence-corrected chi connectivity index (χ3v) is 7.13. The Bertz CT molecular complexity index is 592. The van der Waals surface area contributed by atoms with Crippen LogP contribution in [0.1, 0.15) is 39.5 Å². The fourth-order valence-corrected chi connectivity index (χ4v) is 5.15. The maximum atomic E-state index is 12.5. The van der Waals surface area contributed by atoms with E-state index in [0.29, 0.717) is 32.7 Å². The zero-order valence-electron chi connectivity index (χ0n) is 16.3. The number of carbonyl (C=O) groups excluding carboxylic acids is 2. The second-order valence-corrected chi connectivity index (χ2v) is 9.05. The molecule has 2 heterocycles. The first-order chi connectivity index (χ1) is 12.4. The fourth-order valence-electron chi connectivity index (χ4n) is 3.69. The summed E-state index contributed by atoms with van der Waals surface area (Å²) in [6.45, 7) is 6.78. The molecule has 27 heavy (non-hydrogen) atoms. The number of hydrogen-bond donors (Lipinski definition) is 2. The van der Waals surface area contributed by atoms with Crippen molar-refractivity contribution in [3.05, 3.63) is 0 Å². The molecule has 158 valence electrons. The topological polar surface area (TPSA) is 98.8 Å². The van der Waals surface area contributed by atoms with Gasteiger partial charge in [0.2, 0.25) is 21.8 Å². The van der Waals surface area contributed by atoms with Gasteiger partial charge in [0, 0.05) is 32.7 Å². The average molecular weight is 425 g/mol. The molecule has 0 aromatic carbocycles. The first-order valence-electron chi connectivity index (χ1n) is 9.64. The summed E-state index contributed by atoms with van der Waals surface area (Å²) in [5.74, 6) is -0.616. The molecule has 0 radical (unpaired) electrons. The molecule has 0 bridgehead atoms. The van der Waals surface area contributed by atoms with Crippen molar-refractivity contribution < 1.29 is 18.0 Å². The summed E-state index contributed by atoms with van der Waals surface area (Å²) in [6, 6.07) is -0.101. The summed E-state index contributed by atoms with van der Waals surface area (Å²) < 4.78 is 25.9. The molecule has 2 rings (SSSR count). The lowest BCUT2D eigenvalue weighted by atomic mass is 9.98. The summed E-state index contributed by atoms with van der Waals surface area (Å²) in [4.78, 5) is 26.2. The number of sulfonamides is 1. The molecule has 2 atom stereocenters. The van der Waals surface area contributed by atoms with Crippen molar-refractivity contribution in [2.45, 2.75) is 45.6 Å². The molecule has 2 aliphatic rings. The first kappa shape index (κ1) is 24.1. The van der Waals surface area contributed by atoms with E-state index in [0.717, 1.165) is 32.2 Å². The lowest BCUT2D eigenvalue weighted by Crippen LogP contribution is -2.48. The molecule has 2 fully saturated rings. The second kappa shape index (κ2) is 11.2. The van der Waals surface area contributed by atoms with Crippen molar-refractivity contribution in [2.75, 3.05) is 45.0 Å². The number of amides is 2. The third kappa shape index (κ3) is 6.89. The van der Waals surface area contributed by atoms with Crippen molar-refractivity contribution >= 4 is 34.2 Å². The fraction of sp³-hybridized carbons (Fsp3) is 0.882. The van der Waals surface area contributed by atoms with Gasteiger partial charge in [0.1, 0.15) is 5.75 Å². The molecule has 2 amide bonds. The second-order valence-electron chi connectivity index (χ2n) is 7.08. The van der Waals surface area contributed by atoms with Crippen molar-refractivity contribution in [3.8, 4) is 0 Å². The highest BCUT2D eigenvalue weighted by Gasteiger charge is 2.30. The molecule has 0 aromatic heterocycles. The Hall–Kier alpha value is -0.900. The van der Waals surface area contributed by atoms with Crippen LogP contribution in [0.2, 0.25) is 0 Å². The lowest BCUT2D eigenvalue weighted by molar-refractivity contribution is -0.130. The average Bonchev–Trinajstić information content (AvgIpc) is 3.15. The largest absolute Gasteiger partial charge is 0.354 e. The van der Waals surface area contributed by atoms with Crippen LogP contribution in [0.25, 0.3) is 0 Å². The van der Waals surface area contributed by atoms with Gasteiger partial charge in [-0.15, -0.1) is 12.4 Å². The molecule has 2 unspecified atom stereocenters. The van der Waals surface area contributed by atoms with Crippen LogP contribution in [0.3, 0.4) is 0 Å². The molecule has 0 spiro atoms. The Kier molecular flexibility index (Phi) is 10.0. The molecule has 0 saturated carbocycles. The molecular formula is C17H33ClN4O4S. The van der Waals surface area contributed by atoms with E-state index < -0.39 is 15.8 Å². The number of piperidine rings is 1. The summed E-state index contributed by atoms with van der Waals surface area (Å²) in [6.07, 6.45) is 3.65. The van der Waals surface area contributed by atoms with Crippen LogP contribution in [0.5, 0.6) is 0 Å². The van der Waals surface area contributed by atoms with Gasteiger partial charge in [-0.05, 0) is 38.1 Å². The van der Waals surface area contributed by atoms with Gasteiger partial charge in [0.25, 0.3) is 0 Å². The van der Waals surface area contributed by atoms with Gasteiger partial charge in [-0.3, -0.25) is 9.59 Å². The van der Waals surface area contributed by atoms with Crippen molar-refractivity contribution in [1.29, 1.82) is 0 Å². The number of nitrogens with zero attached hydrogens (tertiary/aromatic N) is 2. The minimum absolute atomic E-state index is 0. The third-order valence-electron chi connectivity index (χ3n) is 5.22. The molecule has 8 nitrogen and oxygen atoms in total. The van der Waals surface area contributed by atoms with Crippen molar-refractivity contribution in [2.24, 2.45) is 5.92 Å². The van der Waals surface area contributed by atoms with Gasteiger partial charge < -0.3 is 15.5 Å². The Morgan fingerprint density at radius 3 is 2.48 bits per heavy atom. The predicted molar refractivity (Wildman–Crippen MR) is 107 cm³/mol. The highest BCUT2D eigenvalue weighted by atomic mass is 35.5. The van der Waals surface area contributed by atoms with Crippen LogP contribution in [0, 0.1) is 5.92 Å². The van der Waals surface area contributed by atoms with E-state index in [9.17, 15) is 18.0 Å². The normalized spacial score (nSPS) is 23.1. The first-order valence-corrected chi connectivity index (χ1v) is 11.2. The lowest BCUT2D eigenvalue weighted by Gasteiger charge is -2.33. The highest BCUT2D eigenvalue weighted by molar-refractivity contribution is 7.89. The van der Waals surface area contributed by atoms with E-state index in [1.807, 2.05) is 0 Å². The SMILES string of the molecule is CCN(CC)S(=O)(=O)CC(=O)N1CCCC(CNC(=O)C2CCCN2)C1.Cl. The Balaban J connectivity index is 0.00000364. The Morgan fingerprint density at radius 2 is 1.89 bits per heavy atom. The summed E-state index contributed by atoms with van der Waals surface area (Å²) >= 11 is 0. The number of hydrogen-bond acceptors (Lipinski definition) is 5. The van der Waals surface area contributed by atoms with Gasteiger partial charge in [-0.25, -0.2) is 12.7 Å². The molecule has 2 aliphatic heterocycles. The van der Waals surface area contributed by atoms with Crippen LogP contribution in [0.4, 0.5) is 0 Å². The summed E-state index contributed by atoms with van der Waals surface area (Å²) in [5, 5.41) is 6.14. The van der Waals surface area contributed by atoms with Crippen LogP contribution in [-0.2, 0) is 19.6 Å². The zero-order chi connectivity index (χ0) is 19.2. The quantitative estimate of drug-likeness (QED) is 0.579. The number of rotatable bonds is 8. The Morgan fingerprint density at radius 1 is 1.19 bits per heavy atom. The van der Waals surface area contributed by atoms with Crippen LogP contribution < -0.4 is 10.6 Å². The van der Waals surface area contributed by atoms with Gasteiger partial charge in [0.15, 0.2) is 0 Å².